The van der Waals surface area contributed by atoms with Crippen LogP contribution in [0.4, 0.5) is 14.5 Å². The fraction of sp³-hybridized carbons (Fsp3) is 0.222. The molecule has 1 aliphatic rings. The summed E-state index contributed by atoms with van der Waals surface area (Å²) in [6.45, 7) is 5.99. The molecule has 0 unspecified atom stereocenters. The number of hydrogen-bond acceptors (Lipinski definition) is 4. The summed E-state index contributed by atoms with van der Waals surface area (Å²) >= 11 is 6.39. The molecule has 1 saturated heterocycles. The number of halogens is 3. The van der Waals surface area contributed by atoms with Crippen LogP contribution in [0.2, 0.25) is 5.02 Å². The molecule has 1 heterocycles. The lowest BCUT2D eigenvalue weighted by atomic mass is 9.98. The number of anilines is 1. The largest absolute Gasteiger partial charge is 0.368 e. The van der Waals surface area contributed by atoms with Crippen LogP contribution in [0.5, 0.6) is 0 Å². The minimum Gasteiger partial charge on any atom is -0.368 e. The molecule has 9 heteroatoms. The standard InChI is InChI=1S/C27H25ClF2N2O3S/c1-3-36(34,35)21-12-13-22(23-6-4-5-7-25(23)28)24(18-21)26(33)32-16-14-31(15-17-32)20-10-8-19(9-11-20)27(2,29)30/h3-13,18H,1,14-17H2,2H3. The molecule has 36 heavy (non-hydrogen) atoms. The molecule has 0 aliphatic carbocycles. The highest BCUT2D eigenvalue weighted by Gasteiger charge is 2.28. The van der Waals surface area contributed by atoms with E-state index in [2.05, 4.69) is 6.58 Å². The van der Waals surface area contributed by atoms with Crippen molar-refractivity contribution in [3.8, 4) is 11.1 Å². The first-order valence-corrected chi connectivity index (χ1v) is 13.2. The van der Waals surface area contributed by atoms with Gasteiger partial charge in [0.05, 0.1) is 4.90 Å². The van der Waals surface area contributed by atoms with Gasteiger partial charge in [-0.2, -0.15) is 0 Å². The Bertz CT molecular complexity index is 1400. The first-order valence-electron chi connectivity index (χ1n) is 11.3. The number of carbonyl (C=O) groups excluding carboxylic acids is 1. The molecule has 1 amide bonds. The first-order chi connectivity index (χ1) is 17.0. The quantitative estimate of drug-likeness (QED) is 0.392. The van der Waals surface area contributed by atoms with Gasteiger partial charge in [-0.25, -0.2) is 17.2 Å². The molecule has 0 N–H and O–H groups in total. The fourth-order valence-electron chi connectivity index (χ4n) is 4.19. The Morgan fingerprint density at radius 3 is 2.19 bits per heavy atom. The van der Waals surface area contributed by atoms with Crippen LogP contribution in [0.3, 0.4) is 0 Å². The van der Waals surface area contributed by atoms with E-state index in [-0.39, 0.29) is 21.9 Å². The summed E-state index contributed by atoms with van der Waals surface area (Å²) < 4.78 is 51.9. The van der Waals surface area contributed by atoms with Gasteiger partial charge in [0.15, 0.2) is 9.84 Å². The van der Waals surface area contributed by atoms with E-state index in [4.69, 9.17) is 11.6 Å². The number of hydrogen-bond donors (Lipinski definition) is 0. The summed E-state index contributed by atoms with van der Waals surface area (Å²) in [7, 11) is -3.75. The van der Waals surface area contributed by atoms with Crippen molar-refractivity contribution in [1.82, 2.24) is 4.90 Å². The molecule has 0 aromatic heterocycles. The highest BCUT2D eigenvalue weighted by Crippen LogP contribution is 2.33. The minimum atomic E-state index is -3.75. The number of alkyl halides is 2. The summed E-state index contributed by atoms with van der Waals surface area (Å²) in [6, 6.07) is 17.6. The Morgan fingerprint density at radius 1 is 0.972 bits per heavy atom. The Hall–Kier alpha value is -3.23. The molecule has 0 atom stereocenters. The van der Waals surface area contributed by atoms with Crippen LogP contribution < -0.4 is 4.90 Å². The van der Waals surface area contributed by atoms with Gasteiger partial charge >= 0.3 is 0 Å². The summed E-state index contributed by atoms with van der Waals surface area (Å²) in [4.78, 5) is 17.3. The van der Waals surface area contributed by atoms with Crippen molar-refractivity contribution in [1.29, 1.82) is 0 Å². The Balaban J connectivity index is 1.60. The first kappa shape index (κ1) is 25.9. The molecule has 0 spiro atoms. The van der Waals surface area contributed by atoms with E-state index in [9.17, 15) is 22.0 Å². The van der Waals surface area contributed by atoms with E-state index >= 15 is 0 Å². The highest BCUT2D eigenvalue weighted by molar-refractivity contribution is 7.94. The van der Waals surface area contributed by atoms with Crippen LogP contribution in [-0.4, -0.2) is 45.4 Å². The molecule has 5 nitrogen and oxygen atoms in total. The normalized spacial score (nSPS) is 14.6. The number of benzene rings is 3. The molecule has 3 aromatic carbocycles. The predicted octanol–water partition coefficient (Wildman–Crippen LogP) is 6.00. The van der Waals surface area contributed by atoms with Crippen molar-refractivity contribution in [3.63, 3.8) is 0 Å². The van der Waals surface area contributed by atoms with E-state index < -0.39 is 15.8 Å². The summed E-state index contributed by atoms with van der Waals surface area (Å²) in [5, 5.41) is 1.29. The Kier molecular flexibility index (Phi) is 7.20. The Morgan fingerprint density at radius 2 is 1.61 bits per heavy atom. The van der Waals surface area contributed by atoms with Gasteiger partial charge in [0.2, 0.25) is 0 Å². The van der Waals surface area contributed by atoms with Gasteiger partial charge in [0.25, 0.3) is 11.8 Å². The zero-order valence-corrected chi connectivity index (χ0v) is 21.2. The van der Waals surface area contributed by atoms with Crippen molar-refractivity contribution in [2.24, 2.45) is 0 Å². The number of carbonyl (C=O) groups is 1. The fourth-order valence-corrected chi connectivity index (χ4v) is 5.16. The van der Waals surface area contributed by atoms with Gasteiger partial charge in [0, 0.05) is 65.9 Å². The second kappa shape index (κ2) is 10.0. The van der Waals surface area contributed by atoms with Crippen LogP contribution in [0, 0.1) is 0 Å². The average molecular weight is 531 g/mol. The smallest absolute Gasteiger partial charge is 0.270 e. The van der Waals surface area contributed by atoms with E-state index in [1.54, 1.807) is 47.4 Å². The van der Waals surface area contributed by atoms with Gasteiger partial charge < -0.3 is 9.80 Å². The van der Waals surface area contributed by atoms with E-state index in [0.717, 1.165) is 18.0 Å². The number of piperazine rings is 1. The number of sulfone groups is 1. The van der Waals surface area contributed by atoms with Crippen molar-refractivity contribution in [3.05, 3.63) is 94.9 Å². The monoisotopic (exact) mass is 530 g/mol. The number of amides is 1. The number of nitrogens with zero attached hydrogens (tertiary/aromatic N) is 2. The second-order valence-corrected chi connectivity index (χ2v) is 10.9. The maximum Gasteiger partial charge on any atom is 0.270 e. The lowest BCUT2D eigenvalue weighted by molar-refractivity contribution is 0.0175. The van der Waals surface area contributed by atoms with Crippen molar-refractivity contribution in [2.75, 3.05) is 31.1 Å². The van der Waals surface area contributed by atoms with Crippen molar-refractivity contribution in [2.45, 2.75) is 17.7 Å². The van der Waals surface area contributed by atoms with Crippen LogP contribution in [0.25, 0.3) is 11.1 Å². The van der Waals surface area contributed by atoms with Crippen molar-refractivity contribution < 1.29 is 22.0 Å². The molecule has 1 aliphatic heterocycles. The van der Waals surface area contributed by atoms with E-state index in [1.165, 1.54) is 24.3 Å². The Labute approximate surface area is 214 Å². The third-order valence-electron chi connectivity index (χ3n) is 6.24. The molecular weight excluding hydrogens is 506 g/mol. The van der Waals surface area contributed by atoms with E-state index in [1.807, 2.05) is 4.90 Å². The van der Waals surface area contributed by atoms with E-state index in [0.29, 0.717) is 42.3 Å². The summed E-state index contributed by atoms with van der Waals surface area (Å²) in [5.41, 5.74) is 2.13. The van der Waals surface area contributed by atoms with Crippen LogP contribution in [0.1, 0.15) is 22.8 Å². The maximum absolute atomic E-state index is 13.6. The summed E-state index contributed by atoms with van der Waals surface area (Å²) in [6.07, 6.45) is 0. The molecule has 3 aromatic rings. The second-order valence-electron chi connectivity index (χ2n) is 8.61. The molecule has 4 rings (SSSR count). The van der Waals surface area contributed by atoms with Gasteiger partial charge in [-0.1, -0.05) is 54.6 Å². The number of rotatable bonds is 6. The topological polar surface area (TPSA) is 57.7 Å². The molecule has 188 valence electrons. The van der Waals surface area contributed by atoms with Gasteiger partial charge in [-0.05, 0) is 35.9 Å². The van der Waals surface area contributed by atoms with Crippen LogP contribution in [0.15, 0.2) is 83.6 Å². The maximum atomic E-state index is 13.6. The zero-order valence-electron chi connectivity index (χ0n) is 19.6. The molecular formula is C27H25ClF2N2O3S. The molecule has 0 bridgehead atoms. The lowest BCUT2D eigenvalue weighted by Crippen LogP contribution is -2.49. The van der Waals surface area contributed by atoms with Gasteiger partial charge in [-0.3, -0.25) is 4.79 Å². The minimum absolute atomic E-state index is 0.0249. The van der Waals surface area contributed by atoms with Crippen molar-refractivity contribution >= 4 is 33.0 Å². The van der Waals surface area contributed by atoms with Crippen LogP contribution >= 0.6 is 11.6 Å². The third kappa shape index (κ3) is 5.29. The zero-order chi connectivity index (χ0) is 26.1. The SMILES string of the molecule is C=CS(=O)(=O)c1ccc(-c2ccccc2Cl)c(C(=O)N2CCN(c3ccc(C(C)(F)F)cc3)CC2)c1. The molecule has 0 saturated carbocycles. The summed E-state index contributed by atoms with van der Waals surface area (Å²) in [5.74, 6) is -3.22. The third-order valence-corrected chi connectivity index (χ3v) is 7.92. The highest BCUT2D eigenvalue weighted by atomic mass is 35.5. The lowest BCUT2D eigenvalue weighted by Gasteiger charge is -2.36. The average Bonchev–Trinajstić information content (AvgIpc) is 2.88. The van der Waals surface area contributed by atoms with Gasteiger partial charge in [0.1, 0.15) is 0 Å². The van der Waals surface area contributed by atoms with Crippen LogP contribution in [-0.2, 0) is 15.8 Å². The van der Waals surface area contributed by atoms with Gasteiger partial charge in [-0.15, -0.1) is 0 Å². The predicted molar refractivity (Wildman–Crippen MR) is 138 cm³/mol. The molecule has 1 fully saturated rings. The molecule has 0 radical (unpaired) electrons.